The van der Waals surface area contributed by atoms with Crippen molar-refractivity contribution in [3.63, 3.8) is 0 Å². The van der Waals surface area contributed by atoms with Gasteiger partial charge >= 0.3 is 12.3 Å². The second-order valence-electron chi connectivity index (χ2n) is 16.6. The summed E-state index contributed by atoms with van der Waals surface area (Å²) in [6.45, 7) is 29.7. The second-order valence-corrected chi connectivity index (χ2v) is 16.6. The molecular formula is C40H64NiO8. The molecule has 0 saturated carbocycles. The van der Waals surface area contributed by atoms with E-state index in [1.807, 2.05) is 38.1 Å². The van der Waals surface area contributed by atoms with Gasteiger partial charge in [-0.1, -0.05) is 110 Å². The molecular weight excluding hydrogens is 667 g/mol. The Morgan fingerprint density at radius 3 is 0.959 bits per heavy atom. The number of hydrogen-bond acceptors (Lipinski definition) is 8. The van der Waals surface area contributed by atoms with E-state index in [2.05, 4.69) is 83.1 Å². The number of benzene rings is 2. The number of phenolic OH excluding ortho intramolecular Hbond substituents is 2. The summed E-state index contributed by atoms with van der Waals surface area (Å²) in [5.74, 6) is 0.647. The summed E-state index contributed by atoms with van der Waals surface area (Å²) in [5, 5.41) is 21.3. The summed E-state index contributed by atoms with van der Waals surface area (Å²) >= 11 is 0. The SMILES string of the molecule is CCCCOC(=O)OCc1cc(C(C)(C)C)c(O)c(C(C)(C)C)c1.CCCCOC(=O)OCc1cc(C(C)(C)C)c(O)c(C(C)(C)C)c1.[Ni]. The summed E-state index contributed by atoms with van der Waals surface area (Å²) in [6.07, 6.45) is 2.30. The largest absolute Gasteiger partial charge is 0.508 e. The Kier molecular flexibility index (Phi) is 18.3. The molecule has 2 aromatic rings. The Balaban J connectivity index is 0.000000922. The van der Waals surface area contributed by atoms with E-state index in [1.165, 1.54) is 0 Å². The van der Waals surface area contributed by atoms with Gasteiger partial charge in [0.05, 0.1) is 13.2 Å². The number of ether oxygens (including phenoxy) is 4. The Morgan fingerprint density at radius 2 is 0.755 bits per heavy atom. The van der Waals surface area contributed by atoms with Gasteiger partial charge in [-0.15, -0.1) is 0 Å². The van der Waals surface area contributed by atoms with Crippen molar-refractivity contribution in [2.45, 2.75) is 157 Å². The molecule has 2 aromatic carbocycles. The molecule has 0 amide bonds. The van der Waals surface area contributed by atoms with Crippen LogP contribution in [0.5, 0.6) is 11.5 Å². The molecule has 0 aliphatic heterocycles. The molecule has 0 bridgehead atoms. The van der Waals surface area contributed by atoms with Crippen LogP contribution in [0.15, 0.2) is 24.3 Å². The number of phenols is 2. The van der Waals surface area contributed by atoms with Crippen LogP contribution in [-0.2, 0) is 70.3 Å². The normalized spacial score (nSPS) is 11.9. The Morgan fingerprint density at radius 1 is 0.510 bits per heavy atom. The van der Waals surface area contributed by atoms with Crippen molar-refractivity contribution in [3.05, 3.63) is 57.6 Å². The van der Waals surface area contributed by atoms with Crippen LogP contribution >= 0.6 is 0 Å². The molecule has 0 radical (unpaired) electrons. The summed E-state index contributed by atoms with van der Waals surface area (Å²) < 4.78 is 20.4. The quantitative estimate of drug-likeness (QED) is 0.141. The van der Waals surface area contributed by atoms with Gasteiger partial charge in [0.15, 0.2) is 0 Å². The number of hydrogen-bond donors (Lipinski definition) is 2. The van der Waals surface area contributed by atoms with Crippen LogP contribution in [0.3, 0.4) is 0 Å². The Bertz CT molecular complexity index is 1160. The van der Waals surface area contributed by atoms with E-state index in [0.717, 1.165) is 59.1 Å². The molecule has 2 N–H and O–H groups in total. The fourth-order valence-electron chi connectivity index (χ4n) is 4.81. The van der Waals surface area contributed by atoms with Gasteiger partial charge in [0.2, 0.25) is 0 Å². The maximum Gasteiger partial charge on any atom is 0.508 e. The van der Waals surface area contributed by atoms with Crippen molar-refractivity contribution >= 4 is 12.3 Å². The van der Waals surface area contributed by atoms with E-state index in [-0.39, 0.29) is 51.4 Å². The van der Waals surface area contributed by atoms with Crippen molar-refractivity contribution in [1.29, 1.82) is 0 Å². The van der Waals surface area contributed by atoms with E-state index in [9.17, 15) is 19.8 Å². The topological polar surface area (TPSA) is 112 Å². The third-order valence-electron chi connectivity index (χ3n) is 7.72. The molecule has 0 unspecified atom stereocenters. The minimum Gasteiger partial charge on any atom is -0.507 e. The summed E-state index contributed by atoms with van der Waals surface area (Å²) in [5.41, 5.74) is 4.30. The van der Waals surface area contributed by atoms with Crippen LogP contribution in [0.25, 0.3) is 0 Å². The number of aromatic hydroxyl groups is 2. The average molecular weight is 732 g/mol. The monoisotopic (exact) mass is 730 g/mol. The molecule has 0 aliphatic carbocycles. The molecule has 49 heavy (non-hydrogen) atoms. The molecule has 0 atom stereocenters. The second kappa shape index (κ2) is 19.5. The Labute approximate surface area is 306 Å². The van der Waals surface area contributed by atoms with Gasteiger partial charge in [-0.2, -0.15) is 0 Å². The molecule has 8 nitrogen and oxygen atoms in total. The zero-order chi connectivity index (χ0) is 37.1. The fourth-order valence-corrected chi connectivity index (χ4v) is 4.81. The van der Waals surface area contributed by atoms with Gasteiger partial charge in [0, 0.05) is 16.5 Å². The molecule has 0 aromatic heterocycles. The zero-order valence-electron chi connectivity index (χ0n) is 32.6. The van der Waals surface area contributed by atoms with Crippen LogP contribution in [-0.4, -0.2) is 35.7 Å². The van der Waals surface area contributed by atoms with Crippen LogP contribution < -0.4 is 0 Å². The van der Waals surface area contributed by atoms with E-state index in [0.29, 0.717) is 24.7 Å². The maximum atomic E-state index is 11.6. The van der Waals surface area contributed by atoms with Crippen molar-refractivity contribution in [3.8, 4) is 11.5 Å². The number of carbonyl (C=O) groups is 2. The number of rotatable bonds is 10. The molecule has 0 aliphatic rings. The van der Waals surface area contributed by atoms with Crippen LogP contribution in [0.1, 0.15) is 156 Å². The minimum absolute atomic E-state index is 0. The van der Waals surface area contributed by atoms with Gasteiger partial charge < -0.3 is 29.2 Å². The van der Waals surface area contributed by atoms with E-state index < -0.39 is 12.3 Å². The van der Waals surface area contributed by atoms with Crippen molar-refractivity contribution in [2.75, 3.05) is 13.2 Å². The molecule has 282 valence electrons. The van der Waals surface area contributed by atoms with E-state index in [1.54, 1.807) is 0 Å². The van der Waals surface area contributed by atoms with E-state index in [4.69, 9.17) is 18.9 Å². The van der Waals surface area contributed by atoms with Crippen LogP contribution in [0, 0.1) is 0 Å². The third-order valence-corrected chi connectivity index (χ3v) is 7.72. The number of carbonyl (C=O) groups excluding carboxylic acids is 2. The van der Waals surface area contributed by atoms with E-state index >= 15 is 0 Å². The van der Waals surface area contributed by atoms with Gasteiger partial charge in [0.25, 0.3) is 0 Å². The smallest absolute Gasteiger partial charge is 0.507 e. The minimum atomic E-state index is -0.647. The zero-order valence-corrected chi connectivity index (χ0v) is 33.6. The summed E-state index contributed by atoms with van der Waals surface area (Å²) in [6, 6.07) is 7.63. The molecule has 0 fully saturated rings. The average Bonchev–Trinajstić information content (AvgIpc) is 2.94. The van der Waals surface area contributed by atoms with Crippen molar-refractivity contribution < 1.29 is 55.2 Å². The standard InChI is InChI=1S/2C20H32O4.Ni/c2*1-8-9-10-23-18(22)24-13-14-11-15(19(2,3)4)17(21)16(12-14)20(5,6)7;/h2*11-12,21H,8-10,13H2,1-7H3;. The van der Waals surface area contributed by atoms with Gasteiger partial charge in [-0.25, -0.2) is 9.59 Å². The maximum absolute atomic E-state index is 11.6. The molecule has 2 rings (SSSR count). The van der Waals surface area contributed by atoms with Crippen LogP contribution in [0.4, 0.5) is 9.59 Å². The van der Waals surface area contributed by atoms with Crippen LogP contribution in [0.2, 0.25) is 0 Å². The first-order valence-corrected chi connectivity index (χ1v) is 17.3. The first-order valence-electron chi connectivity index (χ1n) is 17.3. The predicted octanol–water partition coefficient (Wildman–Crippen LogP) is 10.9. The van der Waals surface area contributed by atoms with Gasteiger partial charge in [-0.3, -0.25) is 0 Å². The van der Waals surface area contributed by atoms with Gasteiger partial charge in [0.1, 0.15) is 24.7 Å². The van der Waals surface area contributed by atoms with Crippen molar-refractivity contribution in [2.24, 2.45) is 0 Å². The van der Waals surface area contributed by atoms with Crippen molar-refractivity contribution in [1.82, 2.24) is 0 Å². The fraction of sp³-hybridized carbons (Fsp3) is 0.650. The third kappa shape index (κ3) is 15.7. The Hall–Kier alpha value is -2.93. The molecule has 9 heteroatoms. The summed E-state index contributed by atoms with van der Waals surface area (Å²) in [7, 11) is 0. The first kappa shape index (κ1) is 46.1. The molecule has 0 heterocycles. The van der Waals surface area contributed by atoms with Gasteiger partial charge in [-0.05, 0) is 92.1 Å². The molecule has 0 saturated heterocycles. The molecule has 0 spiro atoms. The summed E-state index contributed by atoms with van der Waals surface area (Å²) in [4.78, 5) is 23.3. The first-order chi connectivity index (χ1) is 21.9. The predicted molar refractivity (Wildman–Crippen MR) is 193 cm³/mol. The number of unbranched alkanes of at least 4 members (excludes halogenated alkanes) is 2.